The number of halogens is 1. The highest BCUT2D eigenvalue weighted by molar-refractivity contribution is 8.01. The molecule has 2 aromatic carbocycles. The molecule has 1 N–H and O–H groups in total. The molecule has 0 aliphatic carbocycles. The molecule has 0 spiro atoms. The normalized spacial score (nSPS) is 10.6. The summed E-state index contributed by atoms with van der Waals surface area (Å²) in [6.45, 7) is 0. The van der Waals surface area contributed by atoms with E-state index in [0.29, 0.717) is 14.0 Å². The van der Waals surface area contributed by atoms with E-state index in [9.17, 15) is 19.3 Å². The van der Waals surface area contributed by atoms with Crippen LogP contribution in [0, 0.1) is 19.9 Å². The molecule has 0 unspecified atom stereocenters. The minimum Gasteiger partial charge on any atom is -0.320 e. The highest BCUT2D eigenvalue weighted by Gasteiger charge is 2.15. The maximum Gasteiger partial charge on any atom is 0.292 e. The molecule has 0 saturated heterocycles. The zero-order valence-electron chi connectivity index (χ0n) is 13.5. The summed E-state index contributed by atoms with van der Waals surface area (Å²) in [5, 5.41) is 17.8. The molecule has 3 aromatic rings. The Kier molecular flexibility index (Phi) is 5.94. The fourth-order valence-electron chi connectivity index (χ4n) is 2.12. The summed E-state index contributed by atoms with van der Waals surface area (Å²) >= 11 is 7.63. The number of amides is 1. The molecule has 0 aliphatic rings. The van der Waals surface area contributed by atoms with Crippen molar-refractivity contribution in [2.24, 2.45) is 0 Å². The first-order valence-electron chi connectivity index (χ1n) is 7.46. The number of nitrogens with one attached hydrogen (secondary N) is 1. The lowest BCUT2D eigenvalue weighted by molar-refractivity contribution is -0.383. The fourth-order valence-corrected chi connectivity index (χ4v) is 4.28. The van der Waals surface area contributed by atoms with Crippen LogP contribution in [0.3, 0.4) is 0 Å². The lowest BCUT2D eigenvalue weighted by Gasteiger charge is -2.04. The fraction of sp³-hybridized carbons (Fsp3) is 0.0625. The van der Waals surface area contributed by atoms with Gasteiger partial charge in [-0.2, -0.15) is 0 Å². The van der Waals surface area contributed by atoms with Crippen LogP contribution in [-0.2, 0) is 4.79 Å². The molecule has 1 aromatic heterocycles. The van der Waals surface area contributed by atoms with Crippen molar-refractivity contribution in [3.05, 3.63) is 68.4 Å². The second kappa shape index (κ2) is 8.37. The summed E-state index contributed by atoms with van der Waals surface area (Å²) < 4.78 is 15.5. The number of anilines is 1. The molecule has 27 heavy (non-hydrogen) atoms. The highest BCUT2D eigenvalue weighted by Crippen LogP contribution is 2.26. The van der Waals surface area contributed by atoms with Gasteiger partial charge in [-0.05, 0) is 42.5 Å². The number of carbonyl (C=O) groups is 1. The summed E-state index contributed by atoms with van der Waals surface area (Å²) in [6, 6.07) is 11.6. The topological polar surface area (TPSA) is 90.1 Å². The van der Waals surface area contributed by atoms with Crippen molar-refractivity contribution >= 4 is 52.6 Å². The van der Waals surface area contributed by atoms with E-state index in [4.69, 9.17) is 12.2 Å². The van der Waals surface area contributed by atoms with Gasteiger partial charge in [0.2, 0.25) is 5.91 Å². The number of hydrogen-bond acceptors (Lipinski definition) is 7. The maximum atomic E-state index is 13.0. The molecule has 7 nitrogen and oxygen atoms in total. The number of nitro groups is 1. The molecular formula is C16H11FN4O3S3. The van der Waals surface area contributed by atoms with Gasteiger partial charge in [0.1, 0.15) is 11.5 Å². The van der Waals surface area contributed by atoms with Crippen LogP contribution in [0.25, 0.3) is 5.69 Å². The van der Waals surface area contributed by atoms with E-state index in [1.54, 1.807) is 18.2 Å². The Morgan fingerprint density at radius 2 is 2.00 bits per heavy atom. The summed E-state index contributed by atoms with van der Waals surface area (Å²) in [4.78, 5) is 22.5. The Morgan fingerprint density at radius 1 is 1.30 bits per heavy atom. The number of hydrogen-bond donors (Lipinski definition) is 1. The Hall–Kier alpha value is -2.63. The standard InChI is InChI=1S/C16H11FN4O3S3/c17-10-5-7-11(8-6-10)20-16(25)27-15(19-20)26-9-14(22)18-12-3-1-2-4-13(12)21(23)24/h1-8H,9H2,(H,18,22). The van der Waals surface area contributed by atoms with Gasteiger partial charge in [-0.15, -0.1) is 5.10 Å². The first-order chi connectivity index (χ1) is 12.9. The maximum absolute atomic E-state index is 13.0. The quantitative estimate of drug-likeness (QED) is 0.273. The average molecular weight is 422 g/mol. The molecule has 0 radical (unpaired) electrons. The number of carbonyl (C=O) groups excluding carboxylic acids is 1. The number of nitrogens with zero attached hydrogens (tertiary/aromatic N) is 3. The van der Waals surface area contributed by atoms with Gasteiger partial charge in [0.05, 0.1) is 16.4 Å². The molecule has 0 aliphatic heterocycles. The number of para-hydroxylation sites is 2. The smallest absolute Gasteiger partial charge is 0.292 e. The molecule has 1 heterocycles. The molecule has 1 amide bonds. The average Bonchev–Trinajstić information content (AvgIpc) is 3.02. The van der Waals surface area contributed by atoms with Crippen molar-refractivity contribution in [1.29, 1.82) is 0 Å². The van der Waals surface area contributed by atoms with Gasteiger partial charge in [0.15, 0.2) is 8.29 Å². The van der Waals surface area contributed by atoms with Gasteiger partial charge < -0.3 is 5.32 Å². The van der Waals surface area contributed by atoms with Crippen LogP contribution in [0.5, 0.6) is 0 Å². The molecule has 3 rings (SSSR count). The van der Waals surface area contributed by atoms with Crippen LogP contribution >= 0.6 is 35.3 Å². The largest absolute Gasteiger partial charge is 0.320 e. The zero-order valence-corrected chi connectivity index (χ0v) is 15.9. The minimum absolute atomic E-state index is 0.0117. The van der Waals surface area contributed by atoms with Crippen molar-refractivity contribution in [2.75, 3.05) is 11.1 Å². The summed E-state index contributed by atoms with van der Waals surface area (Å²) in [7, 11) is 0. The molecule has 0 bridgehead atoms. The van der Waals surface area contributed by atoms with E-state index >= 15 is 0 Å². The summed E-state index contributed by atoms with van der Waals surface area (Å²) in [5.74, 6) is -0.747. The Labute approximate surface area is 166 Å². The highest BCUT2D eigenvalue weighted by atomic mass is 32.2. The van der Waals surface area contributed by atoms with Gasteiger partial charge in [0.25, 0.3) is 5.69 Å². The predicted molar refractivity (Wildman–Crippen MR) is 105 cm³/mol. The van der Waals surface area contributed by atoms with E-state index in [1.165, 1.54) is 46.4 Å². The predicted octanol–water partition coefficient (Wildman–Crippen LogP) is 4.44. The first-order valence-corrected chi connectivity index (χ1v) is 9.67. The van der Waals surface area contributed by atoms with Crippen molar-refractivity contribution < 1.29 is 14.1 Å². The van der Waals surface area contributed by atoms with Gasteiger partial charge >= 0.3 is 0 Å². The van der Waals surface area contributed by atoms with Crippen LogP contribution in [0.1, 0.15) is 0 Å². The third kappa shape index (κ3) is 4.76. The molecular weight excluding hydrogens is 411 g/mol. The number of thioether (sulfide) groups is 1. The van der Waals surface area contributed by atoms with E-state index in [2.05, 4.69) is 10.4 Å². The number of rotatable bonds is 6. The van der Waals surface area contributed by atoms with Crippen molar-refractivity contribution in [3.63, 3.8) is 0 Å². The molecule has 0 saturated carbocycles. The van der Waals surface area contributed by atoms with Crippen molar-refractivity contribution in [3.8, 4) is 5.69 Å². The number of nitro benzene ring substituents is 1. The summed E-state index contributed by atoms with van der Waals surface area (Å²) in [6.07, 6.45) is 0. The van der Waals surface area contributed by atoms with Crippen LogP contribution in [0.4, 0.5) is 15.8 Å². The second-order valence-electron chi connectivity index (χ2n) is 5.13. The van der Waals surface area contributed by atoms with Crippen LogP contribution in [0.2, 0.25) is 0 Å². The van der Waals surface area contributed by atoms with E-state index in [1.807, 2.05) is 0 Å². The van der Waals surface area contributed by atoms with Gasteiger partial charge in [0, 0.05) is 6.07 Å². The zero-order chi connectivity index (χ0) is 19.4. The molecule has 138 valence electrons. The molecule has 0 atom stereocenters. The third-order valence-corrected chi connectivity index (χ3v) is 5.67. The van der Waals surface area contributed by atoms with Crippen molar-refractivity contribution in [2.45, 2.75) is 4.34 Å². The van der Waals surface area contributed by atoms with E-state index in [0.717, 1.165) is 11.8 Å². The van der Waals surface area contributed by atoms with Crippen LogP contribution in [-0.4, -0.2) is 26.4 Å². The lowest BCUT2D eigenvalue weighted by atomic mass is 10.2. The number of benzene rings is 2. The van der Waals surface area contributed by atoms with Gasteiger partial charge in [-0.1, -0.05) is 35.2 Å². The lowest BCUT2D eigenvalue weighted by Crippen LogP contribution is -2.15. The molecule has 11 heteroatoms. The van der Waals surface area contributed by atoms with Crippen molar-refractivity contribution in [1.82, 2.24) is 9.78 Å². The minimum atomic E-state index is -0.557. The monoisotopic (exact) mass is 422 g/mol. The summed E-state index contributed by atoms with van der Waals surface area (Å²) in [5.41, 5.74) is 0.582. The van der Waals surface area contributed by atoms with Crippen LogP contribution < -0.4 is 5.32 Å². The Morgan fingerprint density at radius 3 is 2.70 bits per heavy atom. The third-order valence-electron chi connectivity index (χ3n) is 3.30. The van der Waals surface area contributed by atoms with Crippen LogP contribution in [0.15, 0.2) is 52.9 Å². The van der Waals surface area contributed by atoms with E-state index in [-0.39, 0.29) is 22.9 Å². The van der Waals surface area contributed by atoms with Gasteiger partial charge in [-0.25, -0.2) is 9.07 Å². The Bertz CT molecular complexity index is 1050. The molecule has 0 fully saturated rings. The van der Waals surface area contributed by atoms with E-state index < -0.39 is 10.8 Å². The number of aromatic nitrogens is 2. The first kappa shape index (κ1) is 19.1. The SMILES string of the molecule is O=C(CSc1nn(-c2ccc(F)cc2)c(=S)s1)Nc1ccccc1[N+](=O)[O-]. The second-order valence-corrected chi connectivity index (χ2v) is 7.98. The van der Waals surface area contributed by atoms with Gasteiger partial charge in [-0.3, -0.25) is 14.9 Å². The Balaban J connectivity index is 1.66.